The Hall–Kier alpha value is -0.570. The number of carboxylic acid groups (broad SMARTS) is 1. The first kappa shape index (κ1) is 10.5. The van der Waals surface area contributed by atoms with E-state index in [1.165, 1.54) is 0 Å². The van der Waals surface area contributed by atoms with Crippen molar-refractivity contribution in [1.82, 2.24) is 0 Å². The van der Waals surface area contributed by atoms with Gasteiger partial charge in [0, 0.05) is 0 Å². The Morgan fingerprint density at radius 3 is 2.31 bits per heavy atom. The average Bonchev–Trinajstić information content (AvgIpc) is 2.12. The van der Waals surface area contributed by atoms with Crippen molar-refractivity contribution in [1.29, 1.82) is 0 Å². The molecule has 0 saturated heterocycles. The second kappa shape index (κ2) is 3.29. The van der Waals surface area contributed by atoms with Gasteiger partial charge in [-0.05, 0) is 37.5 Å². The van der Waals surface area contributed by atoms with Crippen molar-refractivity contribution < 1.29 is 15.0 Å². The smallest absolute Gasteiger partial charge is 0.335 e. The van der Waals surface area contributed by atoms with Gasteiger partial charge in [0.2, 0.25) is 0 Å². The molecule has 0 amide bonds. The Bertz CT molecular complexity index is 210. The molecule has 1 rings (SSSR count). The Labute approximate surface area is 78.8 Å². The zero-order chi connectivity index (χ0) is 10.1. The minimum atomic E-state index is -1.46. The number of aliphatic hydroxyl groups is 1. The summed E-state index contributed by atoms with van der Waals surface area (Å²) < 4.78 is 0. The van der Waals surface area contributed by atoms with Crippen molar-refractivity contribution in [3.05, 3.63) is 0 Å². The Kier molecular flexibility index (Phi) is 2.66. The van der Waals surface area contributed by atoms with Gasteiger partial charge in [-0.1, -0.05) is 13.8 Å². The third-order valence-electron chi connectivity index (χ3n) is 3.06. The van der Waals surface area contributed by atoms with E-state index in [1.54, 1.807) is 0 Å². The van der Waals surface area contributed by atoms with E-state index in [1.807, 2.05) is 0 Å². The summed E-state index contributed by atoms with van der Waals surface area (Å²) in [6.07, 6.45) is 3.37. The molecule has 0 spiro atoms. The topological polar surface area (TPSA) is 57.5 Å². The molecule has 0 heterocycles. The lowest BCUT2D eigenvalue weighted by Crippen LogP contribution is -2.37. The van der Waals surface area contributed by atoms with Gasteiger partial charge in [-0.2, -0.15) is 0 Å². The summed E-state index contributed by atoms with van der Waals surface area (Å²) in [5, 5.41) is 18.6. The van der Waals surface area contributed by atoms with Crippen molar-refractivity contribution >= 4 is 5.97 Å². The van der Waals surface area contributed by atoms with Gasteiger partial charge in [0.15, 0.2) is 5.60 Å². The summed E-state index contributed by atoms with van der Waals surface area (Å²) >= 11 is 0. The summed E-state index contributed by atoms with van der Waals surface area (Å²) in [7, 11) is 0. The predicted molar refractivity (Wildman–Crippen MR) is 49.5 cm³/mol. The lowest BCUT2D eigenvalue weighted by atomic mass is 9.84. The second-order valence-corrected chi connectivity index (χ2v) is 4.85. The van der Waals surface area contributed by atoms with Crippen LogP contribution in [0.2, 0.25) is 0 Å². The quantitative estimate of drug-likeness (QED) is 0.614. The van der Waals surface area contributed by atoms with Crippen molar-refractivity contribution in [3.8, 4) is 0 Å². The molecule has 1 aliphatic carbocycles. The van der Waals surface area contributed by atoms with E-state index in [9.17, 15) is 9.90 Å². The first-order chi connectivity index (χ1) is 5.86. The first-order valence-electron chi connectivity index (χ1n) is 4.82. The van der Waals surface area contributed by atoms with Crippen LogP contribution < -0.4 is 0 Å². The highest BCUT2D eigenvalue weighted by Gasteiger charge is 2.39. The molecule has 0 radical (unpaired) electrons. The molecule has 13 heavy (non-hydrogen) atoms. The highest BCUT2D eigenvalue weighted by molar-refractivity contribution is 5.77. The molecule has 0 aromatic rings. The molecule has 0 aliphatic heterocycles. The van der Waals surface area contributed by atoms with E-state index in [2.05, 4.69) is 13.8 Å². The Morgan fingerprint density at radius 2 is 1.77 bits per heavy atom. The van der Waals surface area contributed by atoms with Gasteiger partial charge in [-0.15, -0.1) is 0 Å². The number of carboxylic acids is 1. The molecule has 0 aromatic carbocycles. The summed E-state index contributed by atoms with van der Waals surface area (Å²) in [4.78, 5) is 10.8. The number of hydrogen-bond donors (Lipinski definition) is 2. The maximum Gasteiger partial charge on any atom is 0.335 e. The third kappa shape index (κ3) is 2.44. The monoisotopic (exact) mass is 186 g/mol. The predicted octanol–water partition coefficient (Wildman–Crippen LogP) is 1.79. The van der Waals surface area contributed by atoms with Gasteiger partial charge in [0.05, 0.1) is 0 Å². The molecule has 1 atom stereocenters. The van der Waals surface area contributed by atoms with Crippen LogP contribution in [0.1, 0.15) is 46.0 Å². The van der Waals surface area contributed by atoms with Crippen LogP contribution in [0, 0.1) is 5.41 Å². The van der Waals surface area contributed by atoms with Crippen molar-refractivity contribution in [2.24, 2.45) is 5.41 Å². The van der Waals surface area contributed by atoms with Crippen LogP contribution in [-0.2, 0) is 4.79 Å². The summed E-state index contributed by atoms with van der Waals surface area (Å²) in [6, 6.07) is 0. The van der Waals surface area contributed by atoms with Crippen LogP contribution in [0.5, 0.6) is 0 Å². The molecule has 2 N–H and O–H groups in total. The maximum absolute atomic E-state index is 10.8. The molecule has 3 nitrogen and oxygen atoms in total. The largest absolute Gasteiger partial charge is 0.479 e. The molecule has 1 saturated carbocycles. The molecule has 1 aliphatic rings. The zero-order valence-electron chi connectivity index (χ0n) is 8.34. The third-order valence-corrected chi connectivity index (χ3v) is 3.06. The molecule has 1 unspecified atom stereocenters. The first-order valence-corrected chi connectivity index (χ1v) is 4.82. The number of aliphatic carboxylic acids is 1. The molecular weight excluding hydrogens is 168 g/mol. The average molecular weight is 186 g/mol. The van der Waals surface area contributed by atoms with Crippen LogP contribution in [0.4, 0.5) is 0 Å². The summed E-state index contributed by atoms with van der Waals surface area (Å²) in [5.41, 5.74) is -1.28. The molecule has 0 bridgehead atoms. The fraction of sp³-hybridized carbons (Fsp3) is 0.900. The second-order valence-electron chi connectivity index (χ2n) is 4.85. The highest BCUT2D eigenvalue weighted by Crippen LogP contribution is 2.37. The van der Waals surface area contributed by atoms with Crippen molar-refractivity contribution in [2.75, 3.05) is 0 Å². The van der Waals surface area contributed by atoms with E-state index >= 15 is 0 Å². The fourth-order valence-electron chi connectivity index (χ4n) is 1.87. The summed E-state index contributed by atoms with van der Waals surface area (Å²) in [6.45, 7) is 4.25. The van der Waals surface area contributed by atoms with Crippen LogP contribution in [0.25, 0.3) is 0 Å². The minimum Gasteiger partial charge on any atom is -0.479 e. The van der Waals surface area contributed by atoms with E-state index in [0.29, 0.717) is 12.8 Å². The number of hydrogen-bond acceptors (Lipinski definition) is 2. The Morgan fingerprint density at radius 1 is 1.15 bits per heavy atom. The van der Waals surface area contributed by atoms with Gasteiger partial charge >= 0.3 is 5.97 Å². The minimum absolute atomic E-state index is 0.180. The molecular formula is C10H18O3. The lowest BCUT2D eigenvalue weighted by Gasteiger charge is -2.23. The van der Waals surface area contributed by atoms with E-state index < -0.39 is 11.6 Å². The van der Waals surface area contributed by atoms with Crippen LogP contribution in [0.3, 0.4) is 0 Å². The van der Waals surface area contributed by atoms with Crippen molar-refractivity contribution in [2.45, 2.75) is 51.6 Å². The molecule has 1 fully saturated rings. The van der Waals surface area contributed by atoms with Gasteiger partial charge in [-0.25, -0.2) is 4.79 Å². The SMILES string of the molecule is CC1(C)CCCC(O)(C(=O)O)CC1. The van der Waals surface area contributed by atoms with Gasteiger partial charge in [0.1, 0.15) is 0 Å². The molecule has 3 heteroatoms. The fourth-order valence-corrected chi connectivity index (χ4v) is 1.87. The number of rotatable bonds is 1. The normalized spacial score (nSPS) is 33.8. The standard InChI is InChI=1S/C10H18O3/c1-9(2)4-3-5-10(13,7-6-9)8(11)12/h13H,3-7H2,1-2H3,(H,11,12). The van der Waals surface area contributed by atoms with Gasteiger partial charge < -0.3 is 10.2 Å². The zero-order valence-corrected chi connectivity index (χ0v) is 8.34. The highest BCUT2D eigenvalue weighted by atomic mass is 16.4. The van der Waals surface area contributed by atoms with Gasteiger partial charge in [-0.3, -0.25) is 0 Å². The van der Waals surface area contributed by atoms with Gasteiger partial charge in [0.25, 0.3) is 0 Å². The van der Waals surface area contributed by atoms with Crippen LogP contribution in [0.15, 0.2) is 0 Å². The Balaban J connectivity index is 2.69. The molecule has 0 aromatic heterocycles. The molecule has 76 valence electrons. The van der Waals surface area contributed by atoms with Crippen LogP contribution >= 0.6 is 0 Å². The van der Waals surface area contributed by atoms with Crippen molar-refractivity contribution in [3.63, 3.8) is 0 Å². The number of carbonyl (C=O) groups is 1. The van der Waals surface area contributed by atoms with E-state index in [-0.39, 0.29) is 5.41 Å². The van der Waals surface area contributed by atoms with E-state index in [4.69, 9.17) is 5.11 Å². The summed E-state index contributed by atoms with van der Waals surface area (Å²) in [5.74, 6) is -1.06. The van der Waals surface area contributed by atoms with Crippen LogP contribution in [-0.4, -0.2) is 21.8 Å². The lowest BCUT2D eigenvalue weighted by molar-refractivity contribution is -0.159. The van der Waals surface area contributed by atoms with E-state index in [0.717, 1.165) is 19.3 Å². The maximum atomic E-state index is 10.8.